The fourth-order valence-electron chi connectivity index (χ4n) is 1.31. The summed E-state index contributed by atoms with van der Waals surface area (Å²) in [4.78, 5) is 10.6. The van der Waals surface area contributed by atoms with Crippen LogP contribution in [0.4, 0.5) is 0 Å². The maximum Gasteiger partial charge on any atom is 0.371 e. The van der Waals surface area contributed by atoms with Crippen molar-refractivity contribution in [2.75, 3.05) is 0 Å². The number of fused-ring (bicyclic) bond motifs is 1. The number of rotatable bonds is 1. The molecule has 1 aromatic carbocycles. The summed E-state index contributed by atoms with van der Waals surface area (Å²) < 4.78 is 5.11. The van der Waals surface area contributed by atoms with Gasteiger partial charge in [0.25, 0.3) is 0 Å². The molecule has 3 nitrogen and oxygen atoms in total. The molecule has 0 spiro atoms. The molecule has 0 amide bonds. The van der Waals surface area contributed by atoms with E-state index >= 15 is 0 Å². The second-order valence-electron chi connectivity index (χ2n) is 2.90. The van der Waals surface area contributed by atoms with Gasteiger partial charge in [-0.25, -0.2) is 4.79 Å². The molecule has 0 fully saturated rings. The zero-order valence-corrected chi connectivity index (χ0v) is 7.07. The quantitative estimate of drug-likeness (QED) is 0.725. The van der Waals surface area contributed by atoms with Gasteiger partial charge in [0.1, 0.15) is 5.58 Å². The number of hydrogen-bond acceptors (Lipinski definition) is 2. The summed E-state index contributed by atoms with van der Waals surface area (Å²) in [5, 5.41) is 9.54. The summed E-state index contributed by atoms with van der Waals surface area (Å²) in [6.45, 7) is 1.92. The van der Waals surface area contributed by atoms with Crippen molar-refractivity contribution >= 4 is 16.9 Å². The first-order chi connectivity index (χ1) is 6.18. The maximum atomic E-state index is 10.6. The van der Waals surface area contributed by atoms with Gasteiger partial charge < -0.3 is 9.52 Å². The van der Waals surface area contributed by atoms with Crippen LogP contribution in [0.2, 0.25) is 0 Å². The number of carbonyl (C=O) groups is 1. The van der Waals surface area contributed by atoms with Crippen molar-refractivity contribution in [2.24, 2.45) is 0 Å². The van der Waals surface area contributed by atoms with E-state index < -0.39 is 5.97 Å². The fourth-order valence-corrected chi connectivity index (χ4v) is 1.31. The molecular weight excluding hydrogens is 168 g/mol. The molecule has 1 aromatic heterocycles. The maximum absolute atomic E-state index is 10.6. The van der Waals surface area contributed by atoms with Crippen molar-refractivity contribution in [1.29, 1.82) is 0 Å². The highest BCUT2D eigenvalue weighted by molar-refractivity contribution is 5.92. The molecule has 0 saturated carbocycles. The third-order valence-corrected chi connectivity index (χ3v) is 1.99. The molecule has 1 N–H and O–H groups in total. The number of aromatic carboxylic acids is 1. The Labute approximate surface area is 74.6 Å². The summed E-state index contributed by atoms with van der Waals surface area (Å²) in [6, 6.07) is 7.07. The first-order valence-corrected chi connectivity index (χ1v) is 3.91. The largest absolute Gasteiger partial charge is 0.475 e. The summed E-state index contributed by atoms with van der Waals surface area (Å²) in [5.74, 6) is -1.04. The molecule has 2 aromatic rings. The van der Waals surface area contributed by atoms with E-state index in [9.17, 15) is 4.79 Å². The Balaban J connectivity index is 2.75. The van der Waals surface area contributed by atoms with E-state index in [-0.39, 0.29) is 5.76 Å². The molecule has 0 atom stereocenters. The topological polar surface area (TPSA) is 50.4 Å². The van der Waals surface area contributed by atoms with Crippen LogP contribution in [-0.4, -0.2) is 11.1 Å². The average molecular weight is 176 g/mol. The number of benzene rings is 1. The number of furan rings is 1. The highest BCUT2D eigenvalue weighted by Crippen LogP contribution is 2.22. The third-order valence-electron chi connectivity index (χ3n) is 1.99. The number of carboxylic acids is 1. The van der Waals surface area contributed by atoms with E-state index in [0.717, 1.165) is 10.9 Å². The van der Waals surface area contributed by atoms with E-state index in [1.807, 2.05) is 19.1 Å². The molecule has 13 heavy (non-hydrogen) atoms. The van der Waals surface area contributed by atoms with Crippen LogP contribution in [-0.2, 0) is 0 Å². The number of hydrogen-bond donors (Lipinski definition) is 1. The number of carboxylic acid groups (broad SMARTS) is 1. The second kappa shape index (κ2) is 2.62. The summed E-state index contributed by atoms with van der Waals surface area (Å²) >= 11 is 0. The van der Waals surface area contributed by atoms with E-state index in [4.69, 9.17) is 9.52 Å². The molecule has 0 aliphatic carbocycles. The molecular formula is C10H8O3. The van der Waals surface area contributed by atoms with Crippen molar-refractivity contribution < 1.29 is 14.3 Å². The van der Waals surface area contributed by atoms with Crippen LogP contribution in [0.5, 0.6) is 0 Å². The summed E-state index contributed by atoms with van der Waals surface area (Å²) in [5.41, 5.74) is 1.64. The van der Waals surface area contributed by atoms with Crippen molar-refractivity contribution in [2.45, 2.75) is 6.92 Å². The fraction of sp³-hybridized carbons (Fsp3) is 0.100. The normalized spacial score (nSPS) is 10.5. The monoisotopic (exact) mass is 176 g/mol. The van der Waals surface area contributed by atoms with Crippen molar-refractivity contribution in [1.82, 2.24) is 0 Å². The lowest BCUT2D eigenvalue weighted by molar-refractivity contribution is 0.0665. The zero-order chi connectivity index (χ0) is 9.42. The minimum atomic E-state index is -1.03. The Kier molecular flexibility index (Phi) is 1.59. The van der Waals surface area contributed by atoms with Crippen LogP contribution in [0.15, 0.2) is 28.7 Å². The lowest BCUT2D eigenvalue weighted by atomic mass is 10.1. The van der Waals surface area contributed by atoms with E-state index in [2.05, 4.69) is 0 Å². The van der Waals surface area contributed by atoms with Crippen LogP contribution >= 0.6 is 0 Å². The molecule has 2 rings (SSSR count). The van der Waals surface area contributed by atoms with Crippen molar-refractivity contribution in [3.8, 4) is 0 Å². The minimum Gasteiger partial charge on any atom is -0.475 e. The molecule has 0 saturated heterocycles. The van der Waals surface area contributed by atoms with Crippen LogP contribution < -0.4 is 0 Å². The van der Waals surface area contributed by atoms with Gasteiger partial charge in [0.2, 0.25) is 5.76 Å². The zero-order valence-electron chi connectivity index (χ0n) is 7.07. The highest BCUT2D eigenvalue weighted by Gasteiger charge is 2.10. The number of aryl methyl sites for hydroxylation is 1. The van der Waals surface area contributed by atoms with E-state index in [1.165, 1.54) is 0 Å². The third kappa shape index (κ3) is 1.18. The Morgan fingerprint density at radius 1 is 1.46 bits per heavy atom. The van der Waals surface area contributed by atoms with Gasteiger partial charge in [-0.2, -0.15) is 0 Å². The molecule has 0 unspecified atom stereocenters. The van der Waals surface area contributed by atoms with Crippen LogP contribution in [0, 0.1) is 6.92 Å². The molecule has 0 bridgehead atoms. The van der Waals surface area contributed by atoms with Crippen LogP contribution in [0.25, 0.3) is 11.0 Å². The second-order valence-corrected chi connectivity index (χ2v) is 2.90. The highest BCUT2D eigenvalue weighted by atomic mass is 16.4. The lowest BCUT2D eigenvalue weighted by Gasteiger charge is -1.90. The van der Waals surface area contributed by atoms with E-state index in [1.54, 1.807) is 12.1 Å². The molecule has 0 aliphatic heterocycles. The predicted molar refractivity (Wildman–Crippen MR) is 47.9 cm³/mol. The van der Waals surface area contributed by atoms with Gasteiger partial charge in [0.15, 0.2) is 0 Å². The van der Waals surface area contributed by atoms with Crippen molar-refractivity contribution in [3.05, 3.63) is 35.6 Å². The molecule has 3 heteroatoms. The molecule has 0 radical (unpaired) electrons. The molecule has 0 aliphatic rings. The lowest BCUT2D eigenvalue weighted by Crippen LogP contribution is -1.91. The van der Waals surface area contributed by atoms with Gasteiger partial charge in [-0.05, 0) is 24.6 Å². The van der Waals surface area contributed by atoms with Crippen molar-refractivity contribution in [3.63, 3.8) is 0 Å². The summed E-state index contributed by atoms with van der Waals surface area (Å²) in [7, 11) is 0. The Morgan fingerprint density at radius 2 is 2.23 bits per heavy atom. The Hall–Kier alpha value is -1.77. The van der Waals surface area contributed by atoms with E-state index in [0.29, 0.717) is 5.58 Å². The smallest absolute Gasteiger partial charge is 0.371 e. The van der Waals surface area contributed by atoms with Crippen LogP contribution in [0.1, 0.15) is 16.1 Å². The molecule has 66 valence electrons. The predicted octanol–water partition coefficient (Wildman–Crippen LogP) is 2.44. The van der Waals surface area contributed by atoms with Crippen LogP contribution in [0.3, 0.4) is 0 Å². The Morgan fingerprint density at radius 3 is 2.85 bits per heavy atom. The standard InChI is InChI=1S/C10H8O3/c1-6-3-2-4-8-7(6)5-9(13-8)10(11)12/h2-5H,1H3,(H,11,12). The first-order valence-electron chi connectivity index (χ1n) is 3.91. The Bertz CT molecular complexity index is 468. The van der Waals surface area contributed by atoms with Gasteiger partial charge in [-0.15, -0.1) is 0 Å². The average Bonchev–Trinajstić information content (AvgIpc) is 2.49. The van der Waals surface area contributed by atoms with Gasteiger partial charge in [-0.3, -0.25) is 0 Å². The minimum absolute atomic E-state index is 0.00991. The SMILES string of the molecule is Cc1cccc2oc(C(=O)O)cc12. The summed E-state index contributed by atoms with van der Waals surface area (Å²) in [6.07, 6.45) is 0. The van der Waals surface area contributed by atoms with Gasteiger partial charge in [0.05, 0.1) is 0 Å². The van der Waals surface area contributed by atoms with Gasteiger partial charge in [0, 0.05) is 5.39 Å². The van der Waals surface area contributed by atoms with Gasteiger partial charge >= 0.3 is 5.97 Å². The first kappa shape index (κ1) is 7.86. The molecule has 1 heterocycles. The van der Waals surface area contributed by atoms with Gasteiger partial charge in [-0.1, -0.05) is 12.1 Å².